The van der Waals surface area contributed by atoms with Crippen LogP contribution in [0.15, 0.2) is 22.7 Å². The topological polar surface area (TPSA) is 15.8 Å². The van der Waals surface area contributed by atoms with Crippen LogP contribution >= 0.6 is 27.7 Å². The summed E-state index contributed by atoms with van der Waals surface area (Å²) in [6.45, 7) is 0. The molecular weight excluding hydrogens is 258 g/mol. The van der Waals surface area contributed by atoms with Gasteiger partial charge in [-0.15, -0.1) is 0 Å². The minimum Gasteiger partial charge on any atom is -0.357 e. The Labute approximate surface area is 95.4 Å². The van der Waals surface area contributed by atoms with Gasteiger partial charge >= 0.3 is 0 Å². The summed E-state index contributed by atoms with van der Waals surface area (Å²) in [4.78, 5) is 3.52. The zero-order chi connectivity index (χ0) is 9.54. The van der Waals surface area contributed by atoms with Crippen LogP contribution in [0, 0.1) is 0 Å². The number of halogens is 1. The van der Waals surface area contributed by atoms with Crippen LogP contribution in [0.2, 0.25) is 0 Å². The summed E-state index contributed by atoms with van der Waals surface area (Å²) in [6, 6.07) is 6.42. The third kappa shape index (κ3) is 1.22. The summed E-state index contributed by atoms with van der Waals surface area (Å²) in [5.41, 5.74) is 4.21. The van der Waals surface area contributed by atoms with Crippen molar-refractivity contribution in [3.05, 3.63) is 33.9 Å². The monoisotopic (exact) mass is 267 g/mol. The van der Waals surface area contributed by atoms with Gasteiger partial charge in [0.1, 0.15) is 0 Å². The van der Waals surface area contributed by atoms with Crippen LogP contribution in [0.4, 0.5) is 0 Å². The Balaban J connectivity index is 2.36. The van der Waals surface area contributed by atoms with Crippen molar-refractivity contribution in [2.24, 2.45) is 0 Å². The molecule has 0 bridgehead atoms. The van der Waals surface area contributed by atoms with Crippen LogP contribution in [0.25, 0.3) is 10.9 Å². The molecule has 0 atom stereocenters. The third-order valence-corrected chi connectivity index (χ3v) is 4.37. The van der Waals surface area contributed by atoms with E-state index in [2.05, 4.69) is 39.1 Å². The van der Waals surface area contributed by atoms with Gasteiger partial charge in [-0.2, -0.15) is 11.8 Å². The molecule has 0 fully saturated rings. The van der Waals surface area contributed by atoms with Crippen LogP contribution in [0.5, 0.6) is 0 Å². The van der Waals surface area contributed by atoms with Crippen molar-refractivity contribution < 1.29 is 0 Å². The van der Waals surface area contributed by atoms with E-state index in [1.165, 1.54) is 38.8 Å². The Hall–Kier alpha value is -0.410. The van der Waals surface area contributed by atoms with Gasteiger partial charge in [0.05, 0.1) is 5.52 Å². The molecule has 72 valence electrons. The van der Waals surface area contributed by atoms with E-state index in [1.807, 2.05) is 11.8 Å². The maximum atomic E-state index is 3.59. The highest BCUT2D eigenvalue weighted by Crippen LogP contribution is 2.34. The first-order valence-corrected chi connectivity index (χ1v) is 6.67. The predicted molar refractivity (Wildman–Crippen MR) is 65.9 cm³/mol. The molecule has 14 heavy (non-hydrogen) atoms. The number of H-pyrrole nitrogens is 1. The van der Waals surface area contributed by atoms with E-state index < -0.39 is 0 Å². The van der Waals surface area contributed by atoms with Crippen molar-refractivity contribution in [3.63, 3.8) is 0 Å². The van der Waals surface area contributed by atoms with Gasteiger partial charge in [-0.3, -0.25) is 0 Å². The molecule has 1 aliphatic heterocycles. The Bertz CT molecular complexity index is 489. The number of aromatic nitrogens is 1. The van der Waals surface area contributed by atoms with Crippen LogP contribution in [0.1, 0.15) is 11.3 Å². The molecule has 0 unspecified atom stereocenters. The summed E-state index contributed by atoms with van der Waals surface area (Å²) >= 11 is 5.61. The Morgan fingerprint density at radius 3 is 3.21 bits per heavy atom. The molecule has 1 N–H and O–H groups in total. The van der Waals surface area contributed by atoms with E-state index in [4.69, 9.17) is 0 Å². The van der Waals surface area contributed by atoms with Crippen molar-refractivity contribution in [2.45, 2.75) is 12.2 Å². The summed E-state index contributed by atoms with van der Waals surface area (Å²) in [7, 11) is 0. The van der Waals surface area contributed by atoms with Gasteiger partial charge in [0.15, 0.2) is 0 Å². The van der Waals surface area contributed by atoms with Gasteiger partial charge in [-0.05, 0) is 39.7 Å². The normalized spacial score (nSPS) is 15.8. The van der Waals surface area contributed by atoms with Crippen LogP contribution in [-0.4, -0.2) is 10.7 Å². The molecule has 0 spiro atoms. The maximum Gasteiger partial charge on any atom is 0.0603 e. The van der Waals surface area contributed by atoms with E-state index in [0.717, 1.165) is 5.75 Å². The first-order valence-electron chi connectivity index (χ1n) is 4.72. The second kappa shape index (κ2) is 3.31. The Morgan fingerprint density at radius 2 is 2.29 bits per heavy atom. The SMILES string of the molecule is Brc1cccc2c3c([nH]c12)CCSC3. The fourth-order valence-corrected chi connectivity index (χ4v) is 3.51. The zero-order valence-corrected chi connectivity index (χ0v) is 10.0. The molecule has 3 heteroatoms. The number of benzene rings is 1. The number of hydrogen-bond acceptors (Lipinski definition) is 1. The van der Waals surface area contributed by atoms with Gasteiger partial charge in [0.2, 0.25) is 0 Å². The smallest absolute Gasteiger partial charge is 0.0603 e. The number of hydrogen-bond donors (Lipinski definition) is 1. The minimum absolute atomic E-state index is 1.16. The lowest BCUT2D eigenvalue weighted by atomic mass is 10.1. The van der Waals surface area contributed by atoms with Crippen LogP contribution in [-0.2, 0) is 12.2 Å². The first kappa shape index (κ1) is 8.86. The second-order valence-electron chi connectivity index (χ2n) is 3.55. The number of fused-ring (bicyclic) bond motifs is 3. The lowest BCUT2D eigenvalue weighted by Gasteiger charge is -2.09. The number of aryl methyl sites for hydroxylation is 1. The fraction of sp³-hybridized carbons (Fsp3) is 0.273. The average molecular weight is 268 g/mol. The predicted octanol–water partition coefficient (Wildman–Crippen LogP) is 3.72. The van der Waals surface area contributed by atoms with Gasteiger partial charge in [0, 0.05) is 21.3 Å². The van der Waals surface area contributed by atoms with Crippen LogP contribution < -0.4 is 0 Å². The standard InChI is InChI=1S/C11H10BrNS/c12-9-3-1-2-7-8-6-14-5-4-10(8)13-11(7)9/h1-3,13H,4-6H2. The summed E-state index contributed by atoms with van der Waals surface area (Å²) in [6.07, 6.45) is 1.18. The van der Waals surface area contributed by atoms with Crippen molar-refractivity contribution in [1.29, 1.82) is 0 Å². The highest BCUT2D eigenvalue weighted by atomic mass is 79.9. The van der Waals surface area contributed by atoms with Gasteiger partial charge < -0.3 is 4.98 Å². The molecule has 0 aliphatic carbocycles. The number of para-hydroxylation sites is 1. The fourth-order valence-electron chi connectivity index (χ4n) is 2.02. The van der Waals surface area contributed by atoms with Crippen LogP contribution in [0.3, 0.4) is 0 Å². The zero-order valence-electron chi connectivity index (χ0n) is 7.64. The Morgan fingerprint density at radius 1 is 1.36 bits per heavy atom. The summed E-state index contributed by atoms with van der Waals surface area (Å²) in [5, 5.41) is 1.39. The number of nitrogens with one attached hydrogen (secondary N) is 1. The lowest BCUT2D eigenvalue weighted by Crippen LogP contribution is -1.99. The molecule has 1 aromatic heterocycles. The highest BCUT2D eigenvalue weighted by Gasteiger charge is 2.15. The van der Waals surface area contributed by atoms with E-state index in [1.54, 1.807) is 0 Å². The third-order valence-electron chi connectivity index (χ3n) is 2.72. The van der Waals surface area contributed by atoms with E-state index in [0.29, 0.717) is 0 Å². The van der Waals surface area contributed by atoms with E-state index in [-0.39, 0.29) is 0 Å². The second-order valence-corrected chi connectivity index (χ2v) is 5.51. The van der Waals surface area contributed by atoms with E-state index in [9.17, 15) is 0 Å². The molecule has 3 rings (SSSR count). The van der Waals surface area contributed by atoms with Crippen molar-refractivity contribution >= 4 is 38.6 Å². The number of thioether (sulfide) groups is 1. The van der Waals surface area contributed by atoms with Gasteiger partial charge in [-0.25, -0.2) is 0 Å². The van der Waals surface area contributed by atoms with Crippen molar-refractivity contribution in [1.82, 2.24) is 4.98 Å². The van der Waals surface area contributed by atoms with E-state index >= 15 is 0 Å². The molecular formula is C11H10BrNS. The van der Waals surface area contributed by atoms with Gasteiger partial charge in [-0.1, -0.05) is 12.1 Å². The molecule has 1 aromatic carbocycles. The molecule has 0 saturated carbocycles. The summed E-state index contributed by atoms with van der Waals surface area (Å²) in [5.74, 6) is 2.41. The number of rotatable bonds is 0. The quantitative estimate of drug-likeness (QED) is 0.770. The molecule has 2 aromatic rings. The number of aromatic amines is 1. The molecule has 0 saturated heterocycles. The molecule has 1 nitrogen and oxygen atoms in total. The minimum atomic E-state index is 1.16. The highest BCUT2D eigenvalue weighted by molar-refractivity contribution is 9.10. The van der Waals surface area contributed by atoms with Crippen molar-refractivity contribution in [2.75, 3.05) is 5.75 Å². The Kier molecular flexibility index (Phi) is 2.10. The van der Waals surface area contributed by atoms with Gasteiger partial charge in [0.25, 0.3) is 0 Å². The largest absolute Gasteiger partial charge is 0.357 e. The molecule has 1 aliphatic rings. The van der Waals surface area contributed by atoms with Crippen molar-refractivity contribution in [3.8, 4) is 0 Å². The first-order chi connectivity index (χ1) is 6.86. The maximum absolute atomic E-state index is 3.59. The summed E-state index contributed by atoms with van der Waals surface area (Å²) < 4.78 is 1.18. The molecule has 0 amide bonds. The average Bonchev–Trinajstić information content (AvgIpc) is 2.59. The lowest BCUT2D eigenvalue weighted by molar-refractivity contribution is 1.04. The molecule has 2 heterocycles. The molecule has 0 radical (unpaired) electrons.